The number of carboxylic acids is 1. The van der Waals surface area contributed by atoms with Crippen LogP contribution in [0.3, 0.4) is 0 Å². The van der Waals surface area contributed by atoms with Crippen LogP contribution in [0.25, 0.3) is 0 Å². The smallest absolute Gasteiger partial charge is 0.309 e. The molecule has 1 aromatic rings. The molecule has 3 heterocycles. The molecule has 36 heavy (non-hydrogen) atoms. The Morgan fingerprint density at radius 2 is 2.11 bits per heavy atom. The molecule has 0 radical (unpaired) electrons. The lowest BCUT2D eigenvalue weighted by Crippen LogP contribution is -2.45. The van der Waals surface area contributed by atoms with Gasteiger partial charge in [0.15, 0.2) is 0 Å². The molecule has 2 fully saturated rings. The Balaban J connectivity index is 1.62. The number of amides is 2. The molecule has 2 amide bonds. The third-order valence-corrected chi connectivity index (χ3v) is 7.53. The number of nitrogens with zero attached hydrogens (tertiary/aromatic N) is 3. The Morgan fingerprint density at radius 1 is 1.28 bits per heavy atom. The molecule has 3 aliphatic heterocycles. The second-order valence-corrected chi connectivity index (χ2v) is 9.91. The zero-order chi connectivity index (χ0) is 25.7. The molecule has 9 nitrogen and oxygen atoms in total. The molecule has 0 spiro atoms. The van der Waals surface area contributed by atoms with Gasteiger partial charge >= 0.3 is 5.97 Å². The van der Waals surface area contributed by atoms with E-state index in [9.17, 15) is 19.5 Å². The number of fused-ring (bicyclic) bond motifs is 1. The predicted octanol–water partition coefficient (Wildman–Crippen LogP) is 1.81. The van der Waals surface area contributed by atoms with Crippen LogP contribution >= 0.6 is 0 Å². The molecule has 0 bridgehead atoms. The highest BCUT2D eigenvalue weighted by molar-refractivity contribution is 5.80. The van der Waals surface area contributed by atoms with E-state index in [-0.39, 0.29) is 24.3 Å². The van der Waals surface area contributed by atoms with E-state index in [1.807, 2.05) is 23.1 Å². The molecular weight excluding hydrogens is 460 g/mol. The number of unbranched alkanes of at least 4 members (excludes halogenated alkanes) is 1. The SMILES string of the molecule is CCCCN(CCN)C(=O)CN1C[C@H](c2ccc3c(c2)CCO3)[C@@H](C(=O)O)[C@@H]1/C=C/N1CCCC1=O. The van der Waals surface area contributed by atoms with E-state index >= 15 is 0 Å². The Bertz CT molecular complexity index is 996. The Kier molecular flexibility index (Phi) is 8.64. The van der Waals surface area contributed by atoms with Gasteiger partial charge in [0.25, 0.3) is 0 Å². The van der Waals surface area contributed by atoms with Crippen molar-refractivity contribution in [1.82, 2.24) is 14.7 Å². The van der Waals surface area contributed by atoms with Gasteiger partial charge < -0.3 is 25.4 Å². The van der Waals surface area contributed by atoms with Crippen molar-refractivity contribution in [2.24, 2.45) is 11.7 Å². The lowest BCUT2D eigenvalue weighted by atomic mass is 9.84. The van der Waals surface area contributed by atoms with Crippen molar-refractivity contribution in [3.8, 4) is 5.75 Å². The van der Waals surface area contributed by atoms with Crippen LogP contribution < -0.4 is 10.5 Å². The monoisotopic (exact) mass is 498 g/mol. The van der Waals surface area contributed by atoms with Crippen molar-refractivity contribution in [2.75, 3.05) is 45.9 Å². The largest absolute Gasteiger partial charge is 0.493 e. The lowest BCUT2D eigenvalue weighted by Gasteiger charge is -2.28. The topological polar surface area (TPSA) is 116 Å². The molecular formula is C27H38N4O5. The fourth-order valence-electron chi connectivity index (χ4n) is 5.59. The van der Waals surface area contributed by atoms with Crippen LogP contribution in [0.15, 0.2) is 30.5 Å². The summed E-state index contributed by atoms with van der Waals surface area (Å²) in [5.41, 5.74) is 7.80. The van der Waals surface area contributed by atoms with Gasteiger partial charge in [-0.25, -0.2) is 0 Å². The average molecular weight is 499 g/mol. The number of carboxylic acid groups (broad SMARTS) is 1. The second kappa shape index (κ2) is 11.9. The van der Waals surface area contributed by atoms with E-state index in [1.165, 1.54) is 0 Å². The van der Waals surface area contributed by atoms with Crippen LogP contribution in [0.1, 0.15) is 49.7 Å². The summed E-state index contributed by atoms with van der Waals surface area (Å²) < 4.78 is 5.64. The normalized spacial score (nSPS) is 23.9. The summed E-state index contributed by atoms with van der Waals surface area (Å²) in [6, 6.07) is 5.41. The second-order valence-electron chi connectivity index (χ2n) is 9.91. The van der Waals surface area contributed by atoms with Crippen LogP contribution in [0, 0.1) is 5.92 Å². The van der Waals surface area contributed by atoms with Crippen LogP contribution in [-0.4, -0.2) is 89.5 Å². The molecule has 3 N–H and O–H groups in total. The molecule has 196 valence electrons. The van der Waals surface area contributed by atoms with Crippen molar-refractivity contribution in [3.05, 3.63) is 41.6 Å². The van der Waals surface area contributed by atoms with Gasteiger partial charge in [-0.2, -0.15) is 0 Å². The molecule has 3 atom stereocenters. The van der Waals surface area contributed by atoms with Crippen LogP contribution in [0.2, 0.25) is 0 Å². The first-order valence-electron chi connectivity index (χ1n) is 13.1. The quantitative estimate of drug-likeness (QED) is 0.478. The van der Waals surface area contributed by atoms with Gasteiger partial charge in [0, 0.05) is 63.7 Å². The molecule has 0 unspecified atom stereocenters. The van der Waals surface area contributed by atoms with E-state index in [1.54, 1.807) is 16.0 Å². The first kappa shape index (κ1) is 26.2. The minimum absolute atomic E-state index is 0.0441. The van der Waals surface area contributed by atoms with Gasteiger partial charge in [-0.15, -0.1) is 0 Å². The van der Waals surface area contributed by atoms with Gasteiger partial charge in [-0.05, 0) is 30.0 Å². The standard InChI is InChI=1S/C27H38N4O5/c1-2-3-11-30(14-10-28)25(33)18-31-17-21(19-6-7-23-20(16-19)9-15-36-23)26(27(34)35)22(31)8-13-29-12-4-5-24(29)32/h6-8,13,16,21-22,26H,2-5,9-12,14-15,17-18,28H2,1H3,(H,34,35)/b13-8+/t21-,22+,26-/m1/s1. The zero-order valence-electron chi connectivity index (χ0n) is 21.1. The van der Waals surface area contributed by atoms with Gasteiger partial charge in [0.2, 0.25) is 11.8 Å². The van der Waals surface area contributed by atoms with Crippen molar-refractivity contribution >= 4 is 17.8 Å². The summed E-state index contributed by atoms with van der Waals surface area (Å²) in [6.07, 6.45) is 7.50. The third-order valence-electron chi connectivity index (χ3n) is 7.53. The summed E-state index contributed by atoms with van der Waals surface area (Å²) in [7, 11) is 0. The molecule has 4 rings (SSSR count). The molecule has 9 heteroatoms. The number of ether oxygens (including phenoxy) is 1. The fraction of sp³-hybridized carbons (Fsp3) is 0.593. The third kappa shape index (κ3) is 5.73. The van der Waals surface area contributed by atoms with Gasteiger partial charge in [-0.3, -0.25) is 19.3 Å². The number of aliphatic carboxylic acids is 1. The van der Waals surface area contributed by atoms with E-state index < -0.39 is 17.9 Å². The maximum Gasteiger partial charge on any atom is 0.309 e. The predicted molar refractivity (Wildman–Crippen MR) is 135 cm³/mol. The molecule has 0 aromatic heterocycles. The number of likely N-dealkylation sites (tertiary alicyclic amines) is 2. The summed E-state index contributed by atoms with van der Waals surface area (Å²) >= 11 is 0. The number of rotatable bonds is 11. The first-order valence-corrected chi connectivity index (χ1v) is 13.1. The molecule has 0 saturated carbocycles. The first-order chi connectivity index (χ1) is 17.4. The highest BCUT2D eigenvalue weighted by atomic mass is 16.5. The Hall–Kier alpha value is -2.91. The van der Waals surface area contributed by atoms with E-state index in [0.717, 1.165) is 42.6 Å². The maximum absolute atomic E-state index is 13.3. The number of hydrogen-bond donors (Lipinski definition) is 2. The van der Waals surface area contributed by atoms with Gasteiger partial charge in [-0.1, -0.05) is 31.6 Å². The molecule has 0 aliphatic carbocycles. The highest BCUT2D eigenvalue weighted by Gasteiger charge is 2.46. The zero-order valence-corrected chi connectivity index (χ0v) is 21.1. The van der Waals surface area contributed by atoms with E-state index in [0.29, 0.717) is 45.8 Å². The van der Waals surface area contributed by atoms with Crippen LogP contribution in [0.4, 0.5) is 0 Å². The number of carbonyl (C=O) groups excluding carboxylic acids is 2. The lowest BCUT2D eigenvalue weighted by molar-refractivity contribution is -0.143. The summed E-state index contributed by atoms with van der Waals surface area (Å²) in [5, 5.41) is 10.3. The van der Waals surface area contributed by atoms with Crippen molar-refractivity contribution in [1.29, 1.82) is 0 Å². The van der Waals surface area contributed by atoms with E-state index in [4.69, 9.17) is 10.5 Å². The minimum Gasteiger partial charge on any atom is -0.493 e. The van der Waals surface area contributed by atoms with Gasteiger partial charge in [0.1, 0.15) is 5.75 Å². The van der Waals surface area contributed by atoms with Crippen molar-refractivity contribution < 1.29 is 24.2 Å². The molecule has 1 aromatic carbocycles. The highest BCUT2D eigenvalue weighted by Crippen LogP contribution is 2.40. The number of carbonyl (C=O) groups is 3. The Morgan fingerprint density at radius 3 is 2.81 bits per heavy atom. The summed E-state index contributed by atoms with van der Waals surface area (Å²) in [5.74, 6) is -1.08. The number of nitrogens with two attached hydrogens (primary N) is 1. The summed E-state index contributed by atoms with van der Waals surface area (Å²) in [4.78, 5) is 43.5. The molecule has 3 aliphatic rings. The average Bonchev–Trinajstić information content (AvgIpc) is 3.58. The summed E-state index contributed by atoms with van der Waals surface area (Å²) in [6.45, 7) is 5.40. The van der Waals surface area contributed by atoms with Crippen LogP contribution in [-0.2, 0) is 20.8 Å². The number of hydrogen-bond acceptors (Lipinski definition) is 6. The maximum atomic E-state index is 13.3. The van der Waals surface area contributed by atoms with Crippen molar-refractivity contribution in [3.63, 3.8) is 0 Å². The van der Waals surface area contributed by atoms with Crippen LogP contribution in [0.5, 0.6) is 5.75 Å². The minimum atomic E-state index is -0.904. The Labute approximate surface area is 212 Å². The molecule has 2 saturated heterocycles. The fourth-order valence-corrected chi connectivity index (χ4v) is 5.59. The van der Waals surface area contributed by atoms with Crippen molar-refractivity contribution in [2.45, 2.75) is 51.0 Å². The number of benzene rings is 1. The van der Waals surface area contributed by atoms with Gasteiger partial charge in [0.05, 0.1) is 19.1 Å². The van der Waals surface area contributed by atoms with E-state index in [2.05, 4.69) is 13.0 Å².